The van der Waals surface area contributed by atoms with E-state index < -0.39 is 0 Å². The molecule has 0 aliphatic rings. The monoisotopic (exact) mass is 215 g/mol. The molecule has 0 aliphatic heterocycles. The molecule has 1 aromatic rings. The third kappa shape index (κ3) is 3.28. The Kier molecular flexibility index (Phi) is 5.05. The lowest BCUT2D eigenvalue weighted by Gasteiger charge is -2.09. The van der Waals surface area contributed by atoms with Gasteiger partial charge >= 0.3 is 0 Å². The normalized spacial score (nSPS) is 11.5. The Bertz CT molecular complexity index is 295. The molecule has 0 saturated heterocycles. The lowest BCUT2D eigenvalue weighted by Crippen LogP contribution is -2.08. The molecule has 0 amide bonds. The smallest absolute Gasteiger partial charge is 0.119 e. The largest absolute Gasteiger partial charge is 0.508 e. The molecule has 0 spiro atoms. The molecular formula is C10H14ClNO2. The van der Waals surface area contributed by atoms with Crippen molar-refractivity contribution in [1.82, 2.24) is 0 Å². The minimum Gasteiger partial charge on any atom is -0.508 e. The van der Waals surface area contributed by atoms with E-state index in [1.807, 2.05) is 0 Å². The number of aromatic hydroxyl groups is 2. The first-order valence-electron chi connectivity index (χ1n) is 4.03. The van der Waals surface area contributed by atoms with Crippen molar-refractivity contribution in [1.29, 1.82) is 0 Å². The van der Waals surface area contributed by atoms with Gasteiger partial charge in [0.25, 0.3) is 0 Å². The Balaban J connectivity index is 0.00000169. The van der Waals surface area contributed by atoms with Gasteiger partial charge in [0.2, 0.25) is 0 Å². The molecule has 78 valence electrons. The van der Waals surface area contributed by atoms with Crippen LogP contribution in [0.4, 0.5) is 0 Å². The fourth-order valence-electron chi connectivity index (χ4n) is 1.15. The Hall–Kier alpha value is -1.19. The van der Waals surface area contributed by atoms with Crippen LogP contribution in [0.1, 0.15) is 18.0 Å². The zero-order valence-electron chi connectivity index (χ0n) is 7.68. The molecule has 14 heavy (non-hydrogen) atoms. The predicted octanol–water partition coefficient (Wildman–Crippen LogP) is 2.10. The molecule has 0 radical (unpaired) electrons. The van der Waals surface area contributed by atoms with E-state index >= 15 is 0 Å². The average molecular weight is 216 g/mol. The molecule has 0 aromatic heterocycles. The SMILES string of the molecule is C=CC[C@H](N)c1cc(O)cc(O)c1.Cl. The van der Waals surface area contributed by atoms with Crippen LogP contribution in [0.25, 0.3) is 0 Å². The van der Waals surface area contributed by atoms with Crippen molar-refractivity contribution >= 4 is 12.4 Å². The summed E-state index contributed by atoms with van der Waals surface area (Å²) in [6.07, 6.45) is 2.31. The van der Waals surface area contributed by atoms with Crippen molar-refractivity contribution in [3.63, 3.8) is 0 Å². The van der Waals surface area contributed by atoms with Crippen molar-refractivity contribution in [2.24, 2.45) is 5.73 Å². The van der Waals surface area contributed by atoms with Gasteiger partial charge in [-0.1, -0.05) is 6.08 Å². The van der Waals surface area contributed by atoms with E-state index in [-0.39, 0.29) is 29.9 Å². The number of rotatable bonds is 3. The van der Waals surface area contributed by atoms with Gasteiger partial charge in [-0.2, -0.15) is 0 Å². The summed E-state index contributed by atoms with van der Waals surface area (Å²) in [4.78, 5) is 0. The Labute approximate surface area is 89.3 Å². The van der Waals surface area contributed by atoms with E-state index in [2.05, 4.69) is 6.58 Å². The molecule has 0 fully saturated rings. The van der Waals surface area contributed by atoms with Crippen LogP contribution in [0.5, 0.6) is 11.5 Å². The van der Waals surface area contributed by atoms with Gasteiger partial charge in [0.05, 0.1) is 0 Å². The number of phenols is 2. The van der Waals surface area contributed by atoms with E-state index in [0.29, 0.717) is 12.0 Å². The summed E-state index contributed by atoms with van der Waals surface area (Å²) in [5.41, 5.74) is 6.46. The highest BCUT2D eigenvalue weighted by atomic mass is 35.5. The van der Waals surface area contributed by atoms with Crippen molar-refractivity contribution < 1.29 is 10.2 Å². The fourth-order valence-corrected chi connectivity index (χ4v) is 1.15. The maximum atomic E-state index is 9.17. The molecule has 4 N–H and O–H groups in total. The highest BCUT2D eigenvalue weighted by Crippen LogP contribution is 2.25. The lowest BCUT2D eigenvalue weighted by atomic mass is 10.0. The Morgan fingerprint density at radius 2 is 1.79 bits per heavy atom. The lowest BCUT2D eigenvalue weighted by molar-refractivity contribution is 0.448. The number of hydrogen-bond donors (Lipinski definition) is 3. The first kappa shape index (κ1) is 12.8. The number of halogens is 1. The Morgan fingerprint density at radius 1 is 1.29 bits per heavy atom. The molecule has 0 saturated carbocycles. The maximum Gasteiger partial charge on any atom is 0.119 e. The minimum absolute atomic E-state index is 0. The molecule has 1 aromatic carbocycles. The van der Waals surface area contributed by atoms with Crippen molar-refractivity contribution in [2.45, 2.75) is 12.5 Å². The zero-order chi connectivity index (χ0) is 9.84. The molecule has 1 rings (SSSR count). The summed E-state index contributed by atoms with van der Waals surface area (Å²) in [5.74, 6) is 0.0454. The number of benzene rings is 1. The molecule has 0 unspecified atom stereocenters. The summed E-state index contributed by atoms with van der Waals surface area (Å²) in [5, 5.41) is 18.3. The number of phenolic OH excluding ortho intramolecular Hbond substituents is 2. The van der Waals surface area contributed by atoms with Crippen molar-refractivity contribution in [3.05, 3.63) is 36.4 Å². The summed E-state index contributed by atoms with van der Waals surface area (Å²) in [6.45, 7) is 3.57. The average Bonchev–Trinajstić information content (AvgIpc) is 2.03. The van der Waals surface area contributed by atoms with Gasteiger partial charge in [-0.25, -0.2) is 0 Å². The van der Waals surface area contributed by atoms with Gasteiger partial charge in [0, 0.05) is 12.1 Å². The van der Waals surface area contributed by atoms with E-state index in [0.717, 1.165) is 0 Å². The van der Waals surface area contributed by atoms with Gasteiger partial charge in [-0.3, -0.25) is 0 Å². The van der Waals surface area contributed by atoms with Crippen LogP contribution >= 0.6 is 12.4 Å². The highest BCUT2D eigenvalue weighted by molar-refractivity contribution is 5.85. The van der Waals surface area contributed by atoms with Crippen LogP contribution in [0.2, 0.25) is 0 Å². The van der Waals surface area contributed by atoms with Crippen LogP contribution < -0.4 is 5.73 Å². The summed E-state index contributed by atoms with van der Waals surface area (Å²) in [7, 11) is 0. The predicted molar refractivity (Wildman–Crippen MR) is 58.8 cm³/mol. The molecular weight excluding hydrogens is 202 g/mol. The third-order valence-electron chi connectivity index (χ3n) is 1.77. The van der Waals surface area contributed by atoms with Gasteiger partial charge in [-0.05, 0) is 24.1 Å². The molecule has 0 bridgehead atoms. The molecule has 4 heteroatoms. The summed E-state index contributed by atoms with van der Waals surface area (Å²) < 4.78 is 0. The van der Waals surface area contributed by atoms with E-state index in [4.69, 9.17) is 15.9 Å². The fraction of sp³-hybridized carbons (Fsp3) is 0.200. The van der Waals surface area contributed by atoms with Gasteiger partial charge in [0.1, 0.15) is 11.5 Å². The van der Waals surface area contributed by atoms with Crippen LogP contribution in [0.15, 0.2) is 30.9 Å². The Morgan fingerprint density at radius 3 is 2.21 bits per heavy atom. The summed E-state index contributed by atoms with van der Waals surface area (Å²) in [6, 6.07) is 4.11. The quantitative estimate of drug-likeness (QED) is 0.677. The van der Waals surface area contributed by atoms with E-state index in [1.165, 1.54) is 18.2 Å². The summed E-state index contributed by atoms with van der Waals surface area (Å²) >= 11 is 0. The molecule has 0 aliphatic carbocycles. The second-order valence-corrected chi connectivity index (χ2v) is 2.91. The second kappa shape index (κ2) is 5.52. The standard InChI is InChI=1S/C10H13NO2.ClH/c1-2-3-10(11)7-4-8(12)6-9(13)5-7;/h2,4-6,10,12-13H,1,3,11H2;1H/t10-;/m0./s1. The van der Waals surface area contributed by atoms with Crippen molar-refractivity contribution in [3.8, 4) is 11.5 Å². The van der Waals surface area contributed by atoms with Crippen molar-refractivity contribution in [2.75, 3.05) is 0 Å². The van der Waals surface area contributed by atoms with Crippen LogP contribution in [0, 0.1) is 0 Å². The third-order valence-corrected chi connectivity index (χ3v) is 1.77. The van der Waals surface area contributed by atoms with Gasteiger partial charge in [0.15, 0.2) is 0 Å². The van der Waals surface area contributed by atoms with Gasteiger partial charge in [-0.15, -0.1) is 19.0 Å². The zero-order valence-corrected chi connectivity index (χ0v) is 8.50. The van der Waals surface area contributed by atoms with Crippen LogP contribution in [0.3, 0.4) is 0 Å². The van der Waals surface area contributed by atoms with Crippen LogP contribution in [-0.2, 0) is 0 Å². The number of nitrogens with two attached hydrogens (primary N) is 1. The first-order chi connectivity index (χ1) is 6.13. The van der Waals surface area contributed by atoms with E-state index in [1.54, 1.807) is 6.08 Å². The second-order valence-electron chi connectivity index (χ2n) is 2.91. The topological polar surface area (TPSA) is 66.5 Å². The minimum atomic E-state index is -0.226. The van der Waals surface area contributed by atoms with Crippen LogP contribution in [-0.4, -0.2) is 10.2 Å². The maximum absolute atomic E-state index is 9.17. The molecule has 3 nitrogen and oxygen atoms in total. The van der Waals surface area contributed by atoms with Gasteiger partial charge < -0.3 is 15.9 Å². The number of hydrogen-bond acceptors (Lipinski definition) is 3. The molecule has 1 atom stereocenters. The highest BCUT2D eigenvalue weighted by Gasteiger charge is 2.06. The molecule has 0 heterocycles. The first-order valence-corrected chi connectivity index (χ1v) is 4.03. The van der Waals surface area contributed by atoms with E-state index in [9.17, 15) is 0 Å².